The van der Waals surface area contributed by atoms with E-state index in [0.29, 0.717) is 19.3 Å². The highest BCUT2D eigenvalue weighted by Gasteiger charge is 2.19. The Labute approximate surface area is 489 Å². The van der Waals surface area contributed by atoms with E-state index in [0.717, 1.165) is 109 Å². The number of ether oxygens (including phenoxy) is 3. The number of hydrogen-bond donors (Lipinski definition) is 0. The number of carbonyl (C=O) groups is 3. The Morgan fingerprint density at radius 2 is 0.494 bits per heavy atom. The summed E-state index contributed by atoms with van der Waals surface area (Å²) >= 11 is 0. The van der Waals surface area contributed by atoms with Crippen molar-refractivity contribution in [1.29, 1.82) is 0 Å². The maximum Gasteiger partial charge on any atom is 0.306 e. The summed E-state index contributed by atoms with van der Waals surface area (Å²) < 4.78 is 16.9. The summed E-state index contributed by atoms with van der Waals surface area (Å²) in [5.74, 6) is -0.875. The lowest BCUT2D eigenvalue weighted by Crippen LogP contribution is -2.30. The van der Waals surface area contributed by atoms with Gasteiger partial charge in [-0.25, -0.2) is 0 Å². The van der Waals surface area contributed by atoms with E-state index < -0.39 is 6.10 Å². The summed E-state index contributed by atoms with van der Waals surface area (Å²) in [7, 11) is 0. The summed E-state index contributed by atoms with van der Waals surface area (Å²) in [6.07, 6.45) is 89.9. The highest BCUT2D eigenvalue weighted by atomic mass is 16.6. The molecular weight excluding hydrogens is 973 g/mol. The van der Waals surface area contributed by atoms with E-state index in [9.17, 15) is 14.4 Å². The topological polar surface area (TPSA) is 78.9 Å². The third kappa shape index (κ3) is 65.0. The SMILES string of the molecule is CC/C=C\C/C=C\C/C=C\C/C=C\C/C=C\C/C=C\C/C=C\CCCCCCCCCCCC(=O)OCC(COC(=O)CCCCCCCCCCCCCC)OC(=O)CCCCCCCCC/C=C\CCCCCCCCC. The molecule has 0 amide bonds. The predicted molar refractivity (Wildman–Crippen MR) is 344 cm³/mol. The molecule has 6 nitrogen and oxygen atoms in total. The molecule has 0 saturated heterocycles. The third-order valence-corrected chi connectivity index (χ3v) is 14.6. The van der Waals surface area contributed by atoms with Crippen molar-refractivity contribution in [1.82, 2.24) is 0 Å². The molecule has 0 fully saturated rings. The molecule has 0 aliphatic heterocycles. The highest BCUT2D eigenvalue weighted by Crippen LogP contribution is 2.16. The molecule has 1 atom stereocenters. The van der Waals surface area contributed by atoms with E-state index in [-0.39, 0.29) is 31.1 Å². The van der Waals surface area contributed by atoms with Gasteiger partial charge in [-0.3, -0.25) is 14.4 Å². The maximum atomic E-state index is 12.9. The molecule has 0 bridgehead atoms. The van der Waals surface area contributed by atoms with Crippen LogP contribution < -0.4 is 0 Å². The fourth-order valence-electron chi connectivity index (χ4n) is 9.54. The number of carbonyl (C=O) groups excluding carboxylic acids is 3. The van der Waals surface area contributed by atoms with Crippen LogP contribution in [0, 0.1) is 0 Å². The summed E-state index contributed by atoms with van der Waals surface area (Å²) in [5, 5.41) is 0. The van der Waals surface area contributed by atoms with E-state index in [1.54, 1.807) is 0 Å². The Morgan fingerprint density at radius 1 is 0.266 bits per heavy atom. The van der Waals surface area contributed by atoms with Crippen LogP contribution in [-0.2, 0) is 28.6 Å². The van der Waals surface area contributed by atoms with Crippen LogP contribution in [0.2, 0.25) is 0 Å². The van der Waals surface area contributed by atoms with Crippen molar-refractivity contribution in [3.8, 4) is 0 Å². The van der Waals surface area contributed by atoms with Gasteiger partial charge >= 0.3 is 17.9 Å². The summed E-state index contributed by atoms with van der Waals surface area (Å²) in [5.41, 5.74) is 0. The normalized spacial score (nSPS) is 12.7. The Balaban J connectivity index is 4.26. The Morgan fingerprint density at radius 3 is 0.785 bits per heavy atom. The number of rotatable bonds is 61. The molecule has 0 radical (unpaired) electrons. The molecule has 79 heavy (non-hydrogen) atoms. The van der Waals surface area contributed by atoms with Gasteiger partial charge in [0.05, 0.1) is 0 Å². The lowest BCUT2D eigenvalue weighted by atomic mass is 10.0. The number of allylic oxidation sites excluding steroid dienone is 16. The molecule has 0 saturated carbocycles. The van der Waals surface area contributed by atoms with E-state index in [1.807, 2.05) is 0 Å². The molecule has 454 valence electrons. The fourth-order valence-corrected chi connectivity index (χ4v) is 9.54. The van der Waals surface area contributed by atoms with Gasteiger partial charge in [-0.15, -0.1) is 0 Å². The van der Waals surface area contributed by atoms with Crippen LogP contribution in [0.3, 0.4) is 0 Å². The molecule has 0 aromatic heterocycles. The third-order valence-electron chi connectivity index (χ3n) is 14.6. The van der Waals surface area contributed by atoms with Crippen LogP contribution in [-0.4, -0.2) is 37.2 Å². The predicted octanol–water partition coefficient (Wildman–Crippen LogP) is 23.2. The van der Waals surface area contributed by atoms with Gasteiger partial charge in [-0.1, -0.05) is 304 Å². The zero-order chi connectivity index (χ0) is 57.1. The Kier molecular flexibility index (Phi) is 63.7. The second-order valence-electron chi connectivity index (χ2n) is 22.4. The summed E-state index contributed by atoms with van der Waals surface area (Å²) in [6.45, 7) is 6.55. The molecule has 0 spiro atoms. The zero-order valence-electron chi connectivity index (χ0n) is 52.1. The summed E-state index contributed by atoms with van der Waals surface area (Å²) in [6, 6.07) is 0. The van der Waals surface area contributed by atoms with Crippen molar-refractivity contribution in [2.24, 2.45) is 0 Å². The van der Waals surface area contributed by atoms with Crippen LogP contribution in [0.5, 0.6) is 0 Å². The minimum absolute atomic E-state index is 0.0772. The fraction of sp³-hybridized carbons (Fsp3) is 0.740. The highest BCUT2D eigenvalue weighted by molar-refractivity contribution is 5.71. The van der Waals surface area contributed by atoms with Crippen molar-refractivity contribution in [3.05, 3.63) is 97.2 Å². The van der Waals surface area contributed by atoms with Gasteiger partial charge in [0.2, 0.25) is 0 Å². The van der Waals surface area contributed by atoms with Crippen molar-refractivity contribution in [3.63, 3.8) is 0 Å². The van der Waals surface area contributed by atoms with Crippen molar-refractivity contribution in [2.75, 3.05) is 13.2 Å². The monoisotopic (exact) mass is 1100 g/mol. The zero-order valence-corrected chi connectivity index (χ0v) is 52.1. The number of unbranched alkanes of at least 4 members (excludes halogenated alkanes) is 34. The molecule has 0 aromatic rings. The first-order valence-corrected chi connectivity index (χ1v) is 33.7. The minimum atomic E-state index is -0.781. The molecule has 0 aliphatic rings. The second-order valence-corrected chi connectivity index (χ2v) is 22.4. The average molecular weight is 1100 g/mol. The van der Waals surface area contributed by atoms with Crippen molar-refractivity contribution >= 4 is 17.9 Å². The van der Waals surface area contributed by atoms with Crippen LogP contribution in [0.25, 0.3) is 0 Å². The van der Waals surface area contributed by atoms with Gasteiger partial charge in [0.1, 0.15) is 13.2 Å². The van der Waals surface area contributed by atoms with E-state index >= 15 is 0 Å². The first-order valence-electron chi connectivity index (χ1n) is 33.7. The van der Waals surface area contributed by atoms with Gasteiger partial charge in [0, 0.05) is 19.3 Å². The number of hydrogen-bond acceptors (Lipinski definition) is 6. The van der Waals surface area contributed by atoms with Gasteiger partial charge in [-0.2, -0.15) is 0 Å². The lowest BCUT2D eigenvalue weighted by molar-refractivity contribution is -0.167. The van der Waals surface area contributed by atoms with E-state index in [2.05, 4.69) is 118 Å². The Bertz CT molecular complexity index is 1540. The number of esters is 3. The molecule has 0 N–H and O–H groups in total. The van der Waals surface area contributed by atoms with Gasteiger partial charge < -0.3 is 14.2 Å². The van der Waals surface area contributed by atoms with Crippen molar-refractivity contribution in [2.45, 2.75) is 335 Å². The largest absolute Gasteiger partial charge is 0.462 e. The van der Waals surface area contributed by atoms with Crippen molar-refractivity contribution < 1.29 is 28.6 Å². The first-order chi connectivity index (χ1) is 39.0. The van der Waals surface area contributed by atoms with Gasteiger partial charge in [0.25, 0.3) is 0 Å². The first kappa shape index (κ1) is 75.3. The van der Waals surface area contributed by atoms with Crippen LogP contribution in [0.4, 0.5) is 0 Å². The summed E-state index contributed by atoms with van der Waals surface area (Å²) in [4.78, 5) is 38.3. The van der Waals surface area contributed by atoms with Crippen LogP contribution in [0.15, 0.2) is 97.2 Å². The van der Waals surface area contributed by atoms with Gasteiger partial charge in [0.15, 0.2) is 6.10 Å². The molecule has 0 heterocycles. The smallest absolute Gasteiger partial charge is 0.306 e. The molecule has 0 aromatic carbocycles. The van der Waals surface area contributed by atoms with E-state index in [1.165, 1.54) is 180 Å². The second kappa shape index (κ2) is 66.8. The molecule has 0 rings (SSSR count). The van der Waals surface area contributed by atoms with Crippen LogP contribution in [0.1, 0.15) is 329 Å². The molecule has 0 aliphatic carbocycles. The standard InChI is InChI=1S/C73H126O6/c1-4-7-10-13-16-19-22-25-27-29-31-32-33-34-35-36-37-38-39-40-41-42-43-45-46-48-51-54-57-60-63-66-72(75)78-69-70(68-77-71(74)65-62-59-56-53-50-24-21-18-15-12-9-6-3)79-73(76)67-64-61-58-55-52-49-47-44-30-28-26-23-20-17-14-11-8-5-2/h7,10,16,19,25,27-28,30-32,34-35,37-38,40-41,70H,4-6,8-9,11-15,17-18,20-24,26,29,33,36,39,42-69H2,1-3H3/b10-7-,19-16-,27-25-,30-28-,32-31-,35-34-,38-37-,41-40-. The van der Waals surface area contributed by atoms with Crippen LogP contribution >= 0.6 is 0 Å². The minimum Gasteiger partial charge on any atom is -0.462 e. The quantitative estimate of drug-likeness (QED) is 0.0261. The Hall–Kier alpha value is -3.67. The molecule has 1 unspecified atom stereocenters. The maximum absolute atomic E-state index is 12.9. The lowest BCUT2D eigenvalue weighted by Gasteiger charge is -2.18. The van der Waals surface area contributed by atoms with Gasteiger partial charge in [-0.05, 0) is 103 Å². The van der Waals surface area contributed by atoms with E-state index in [4.69, 9.17) is 14.2 Å². The molecular formula is C73H126O6. The average Bonchev–Trinajstić information content (AvgIpc) is 3.45. The molecule has 6 heteroatoms.